The highest BCUT2D eigenvalue weighted by Crippen LogP contribution is 1.95. The second-order valence-corrected chi connectivity index (χ2v) is 2.44. The molecule has 2 atom stereocenters. The summed E-state index contributed by atoms with van der Waals surface area (Å²) in [5, 5.41) is 8.59. The molecule has 1 N–H and O–H groups in total. The molecule has 0 aliphatic heterocycles. The Kier molecular flexibility index (Phi) is 5.88. The Labute approximate surface area is 67.6 Å². The van der Waals surface area contributed by atoms with Crippen molar-refractivity contribution in [3.05, 3.63) is 12.8 Å². The lowest BCUT2D eigenvalue weighted by atomic mass is 10.4. The van der Waals surface area contributed by atoms with E-state index in [1.807, 2.05) is 6.92 Å². The standard InChI is InChI=1S/C8H16O3/c1-4-10-8(3)6-11-7(2)5-9/h4,7-9H,1,5-6H2,2-3H3. The molecule has 0 aliphatic rings. The molecular weight excluding hydrogens is 144 g/mol. The molecule has 0 bridgehead atoms. The quantitative estimate of drug-likeness (QED) is 0.587. The third kappa shape index (κ3) is 5.88. The topological polar surface area (TPSA) is 38.7 Å². The molecule has 11 heavy (non-hydrogen) atoms. The lowest BCUT2D eigenvalue weighted by molar-refractivity contribution is -0.0217. The Morgan fingerprint density at radius 3 is 2.55 bits per heavy atom. The Morgan fingerprint density at radius 2 is 2.09 bits per heavy atom. The number of ether oxygens (including phenoxy) is 2. The first kappa shape index (κ1) is 10.5. The van der Waals surface area contributed by atoms with Crippen molar-refractivity contribution >= 4 is 0 Å². The van der Waals surface area contributed by atoms with Crippen molar-refractivity contribution in [3.8, 4) is 0 Å². The number of aliphatic hydroxyl groups excluding tert-OH is 1. The molecule has 66 valence electrons. The lowest BCUT2D eigenvalue weighted by Crippen LogP contribution is -2.20. The van der Waals surface area contributed by atoms with E-state index in [1.54, 1.807) is 6.92 Å². The third-order valence-electron chi connectivity index (χ3n) is 1.20. The van der Waals surface area contributed by atoms with E-state index in [1.165, 1.54) is 6.26 Å². The van der Waals surface area contributed by atoms with Gasteiger partial charge in [0.25, 0.3) is 0 Å². The van der Waals surface area contributed by atoms with Crippen molar-refractivity contribution in [1.29, 1.82) is 0 Å². The first-order valence-corrected chi connectivity index (χ1v) is 3.69. The highest BCUT2D eigenvalue weighted by Gasteiger charge is 2.03. The summed E-state index contributed by atoms with van der Waals surface area (Å²) in [5.74, 6) is 0. The van der Waals surface area contributed by atoms with Crippen LogP contribution in [0.25, 0.3) is 0 Å². The molecule has 3 heteroatoms. The van der Waals surface area contributed by atoms with Crippen LogP contribution < -0.4 is 0 Å². The van der Waals surface area contributed by atoms with Crippen molar-refractivity contribution in [1.82, 2.24) is 0 Å². The molecule has 0 aromatic rings. The van der Waals surface area contributed by atoms with E-state index in [0.717, 1.165) is 0 Å². The minimum atomic E-state index is -0.120. The van der Waals surface area contributed by atoms with Crippen LogP contribution in [0.3, 0.4) is 0 Å². The molecule has 0 aromatic carbocycles. The van der Waals surface area contributed by atoms with Gasteiger partial charge in [-0.25, -0.2) is 0 Å². The maximum atomic E-state index is 8.59. The van der Waals surface area contributed by atoms with Crippen molar-refractivity contribution in [2.45, 2.75) is 26.1 Å². The van der Waals surface area contributed by atoms with Crippen LogP contribution in [0.5, 0.6) is 0 Å². The average Bonchev–Trinajstić information content (AvgIpc) is 2.01. The zero-order chi connectivity index (χ0) is 8.69. The van der Waals surface area contributed by atoms with Crippen LogP contribution in [0.4, 0.5) is 0 Å². The van der Waals surface area contributed by atoms with Gasteiger partial charge in [0.2, 0.25) is 0 Å². The molecule has 0 rings (SSSR count). The number of hydrogen-bond donors (Lipinski definition) is 1. The molecule has 0 saturated carbocycles. The van der Waals surface area contributed by atoms with Gasteiger partial charge in [-0.05, 0) is 13.8 Å². The lowest BCUT2D eigenvalue weighted by Gasteiger charge is -2.14. The summed E-state index contributed by atoms with van der Waals surface area (Å²) in [6, 6.07) is 0. The normalized spacial score (nSPS) is 15.5. The van der Waals surface area contributed by atoms with Gasteiger partial charge < -0.3 is 14.6 Å². The van der Waals surface area contributed by atoms with Crippen LogP contribution in [0, 0.1) is 0 Å². The molecule has 0 heterocycles. The zero-order valence-corrected chi connectivity index (χ0v) is 7.12. The predicted molar refractivity (Wildman–Crippen MR) is 43.2 cm³/mol. The Hall–Kier alpha value is -0.540. The third-order valence-corrected chi connectivity index (χ3v) is 1.20. The first-order chi connectivity index (χ1) is 5.20. The predicted octanol–water partition coefficient (Wildman–Crippen LogP) is 0.932. The molecular formula is C8H16O3. The number of hydrogen-bond acceptors (Lipinski definition) is 3. The van der Waals surface area contributed by atoms with E-state index < -0.39 is 0 Å². The monoisotopic (exact) mass is 160 g/mol. The summed E-state index contributed by atoms with van der Waals surface area (Å²) in [6.45, 7) is 7.63. The highest BCUT2D eigenvalue weighted by molar-refractivity contribution is 4.57. The molecule has 0 amide bonds. The van der Waals surface area contributed by atoms with Crippen molar-refractivity contribution in [2.24, 2.45) is 0 Å². The van der Waals surface area contributed by atoms with Gasteiger partial charge in [0.15, 0.2) is 0 Å². The van der Waals surface area contributed by atoms with Gasteiger partial charge in [-0.1, -0.05) is 6.58 Å². The summed E-state index contributed by atoms with van der Waals surface area (Å²) in [6.07, 6.45) is 1.27. The summed E-state index contributed by atoms with van der Waals surface area (Å²) in [5.41, 5.74) is 0. The maximum absolute atomic E-state index is 8.59. The Morgan fingerprint density at radius 1 is 1.45 bits per heavy atom. The SMILES string of the molecule is C=COC(C)COC(C)CO. The Bertz CT molecular complexity index is 104. The van der Waals surface area contributed by atoms with Crippen LogP contribution in [0.15, 0.2) is 12.8 Å². The zero-order valence-electron chi connectivity index (χ0n) is 7.12. The van der Waals surface area contributed by atoms with E-state index in [2.05, 4.69) is 6.58 Å². The van der Waals surface area contributed by atoms with E-state index in [4.69, 9.17) is 14.6 Å². The van der Waals surface area contributed by atoms with Gasteiger partial charge in [0.05, 0.1) is 25.6 Å². The van der Waals surface area contributed by atoms with E-state index >= 15 is 0 Å². The van der Waals surface area contributed by atoms with Gasteiger partial charge in [-0.2, -0.15) is 0 Å². The summed E-state index contributed by atoms with van der Waals surface area (Å²) in [7, 11) is 0. The van der Waals surface area contributed by atoms with Crippen LogP contribution in [0.1, 0.15) is 13.8 Å². The van der Waals surface area contributed by atoms with Gasteiger partial charge >= 0.3 is 0 Å². The van der Waals surface area contributed by atoms with Gasteiger partial charge in [0, 0.05) is 0 Å². The van der Waals surface area contributed by atoms with Gasteiger partial charge in [-0.15, -0.1) is 0 Å². The van der Waals surface area contributed by atoms with Crippen LogP contribution in [-0.2, 0) is 9.47 Å². The minimum Gasteiger partial charge on any atom is -0.497 e. The van der Waals surface area contributed by atoms with Crippen LogP contribution >= 0.6 is 0 Å². The largest absolute Gasteiger partial charge is 0.497 e. The molecule has 0 spiro atoms. The molecule has 0 aromatic heterocycles. The average molecular weight is 160 g/mol. The van der Waals surface area contributed by atoms with Gasteiger partial charge in [-0.3, -0.25) is 0 Å². The fraction of sp³-hybridized carbons (Fsp3) is 0.750. The minimum absolute atomic E-state index is 0.00139. The maximum Gasteiger partial charge on any atom is 0.118 e. The fourth-order valence-electron chi connectivity index (χ4n) is 0.556. The molecule has 0 saturated heterocycles. The fourth-order valence-corrected chi connectivity index (χ4v) is 0.556. The number of aliphatic hydroxyl groups is 1. The van der Waals surface area contributed by atoms with E-state index in [-0.39, 0.29) is 18.8 Å². The highest BCUT2D eigenvalue weighted by atomic mass is 16.5. The molecule has 2 unspecified atom stereocenters. The first-order valence-electron chi connectivity index (χ1n) is 3.69. The molecule has 0 fully saturated rings. The van der Waals surface area contributed by atoms with Crippen molar-refractivity contribution < 1.29 is 14.6 Å². The Balaban J connectivity index is 3.29. The second kappa shape index (κ2) is 6.19. The van der Waals surface area contributed by atoms with E-state index in [0.29, 0.717) is 6.61 Å². The van der Waals surface area contributed by atoms with Crippen LogP contribution in [-0.4, -0.2) is 30.5 Å². The molecule has 3 nitrogen and oxygen atoms in total. The van der Waals surface area contributed by atoms with Crippen molar-refractivity contribution in [2.75, 3.05) is 13.2 Å². The molecule has 0 radical (unpaired) electrons. The smallest absolute Gasteiger partial charge is 0.118 e. The van der Waals surface area contributed by atoms with Gasteiger partial charge in [0.1, 0.15) is 6.10 Å². The summed E-state index contributed by atoms with van der Waals surface area (Å²) >= 11 is 0. The van der Waals surface area contributed by atoms with E-state index in [9.17, 15) is 0 Å². The number of rotatable bonds is 6. The molecule has 0 aliphatic carbocycles. The summed E-state index contributed by atoms with van der Waals surface area (Å²) in [4.78, 5) is 0. The second-order valence-electron chi connectivity index (χ2n) is 2.44. The van der Waals surface area contributed by atoms with Crippen LogP contribution in [0.2, 0.25) is 0 Å². The summed E-state index contributed by atoms with van der Waals surface area (Å²) < 4.78 is 10.2. The van der Waals surface area contributed by atoms with Crippen molar-refractivity contribution in [3.63, 3.8) is 0 Å².